The van der Waals surface area contributed by atoms with Crippen LogP contribution in [0.25, 0.3) is 10.9 Å². The molecule has 3 fully saturated rings. The Bertz CT molecular complexity index is 993. The smallest absolute Gasteiger partial charge is 0.329 e. The summed E-state index contributed by atoms with van der Waals surface area (Å²) in [6, 6.07) is 1.81. The molecule has 3 heterocycles. The van der Waals surface area contributed by atoms with Gasteiger partial charge in [0.2, 0.25) is 0 Å². The molecule has 5 rings (SSSR count). The molecule has 1 aromatic carbocycles. The molecule has 0 spiro atoms. The fourth-order valence-corrected chi connectivity index (χ4v) is 4.87. The number of rotatable bonds is 2. The van der Waals surface area contributed by atoms with E-state index in [9.17, 15) is 9.59 Å². The Labute approximate surface area is 150 Å². The second-order valence-electron chi connectivity index (χ2n) is 7.96. The summed E-state index contributed by atoms with van der Waals surface area (Å²) in [5.74, 6) is 0.156. The summed E-state index contributed by atoms with van der Waals surface area (Å²) in [4.78, 5) is 29.1. The van der Waals surface area contributed by atoms with Gasteiger partial charge in [-0.3, -0.25) is 14.3 Å². The first-order valence-corrected chi connectivity index (χ1v) is 9.50. The second kappa shape index (κ2) is 5.67. The Morgan fingerprint density at radius 2 is 2.00 bits per heavy atom. The van der Waals surface area contributed by atoms with Crippen molar-refractivity contribution in [2.24, 2.45) is 5.92 Å². The molecule has 7 heteroatoms. The van der Waals surface area contributed by atoms with E-state index in [0.29, 0.717) is 28.7 Å². The first-order chi connectivity index (χ1) is 12.5. The minimum absolute atomic E-state index is 0.113. The van der Waals surface area contributed by atoms with Gasteiger partial charge < -0.3 is 10.2 Å². The number of piperidine rings is 1. The third-order valence-corrected chi connectivity index (χ3v) is 6.22. The molecule has 3 aliphatic rings. The topological polar surface area (TPSA) is 70.1 Å². The van der Waals surface area contributed by atoms with E-state index in [4.69, 9.17) is 0 Å². The number of nitrogens with one attached hydrogen (secondary N) is 2. The molecule has 6 nitrogen and oxygen atoms in total. The maximum Gasteiger partial charge on any atom is 0.329 e. The van der Waals surface area contributed by atoms with E-state index < -0.39 is 5.56 Å². The van der Waals surface area contributed by atoms with Gasteiger partial charge in [0.1, 0.15) is 5.82 Å². The number of aryl methyl sites for hydroxylation is 1. The van der Waals surface area contributed by atoms with Gasteiger partial charge in [0.25, 0.3) is 5.56 Å². The third kappa shape index (κ3) is 2.33. The number of anilines is 1. The number of hydrogen-bond acceptors (Lipinski definition) is 4. The predicted molar refractivity (Wildman–Crippen MR) is 98.5 cm³/mol. The van der Waals surface area contributed by atoms with Gasteiger partial charge in [-0.15, -0.1) is 0 Å². The molecule has 2 atom stereocenters. The average Bonchev–Trinajstić information content (AvgIpc) is 3.34. The van der Waals surface area contributed by atoms with Crippen molar-refractivity contribution in [3.8, 4) is 0 Å². The molecule has 2 saturated heterocycles. The molecule has 138 valence electrons. The van der Waals surface area contributed by atoms with E-state index in [-0.39, 0.29) is 22.9 Å². The normalized spacial score (nSPS) is 25.7. The van der Waals surface area contributed by atoms with Gasteiger partial charge in [-0.2, -0.15) is 0 Å². The summed E-state index contributed by atoms with van der Waals surface area (Å²) in [6.07, 6.45) is 4.16. The van der Waals surface area contributed by atoms with Crippen molar-refractivity contribution in [1.29, 1.82) is 0 Å². The zero-order chi connectivity index (χ0) is 18.0. The van der Waals surface area contributed by atoms with Crippen LogP contribution in [0.15, 0.2) is 15.7 Å². The van der Waals surface area contributed by atoms with Crippen molar-refractivity contribution in [1.82, 2.24) is 14.9 Å². The molecule has 0 bridgehead atoms. The first kappa shape index (κ1) is 16.1. The van der Waals surface area contributed by atoms with Gasteiger partial charge >= 0.3 is 5.69 Å². The maximum absolute atomic E-state index is 15.0. The lowest BCUT2D eigenvalue weighted by Crippen LogP contribution is -2.40. The summed E-state index contributed by atoms with van der Waals surface area (Å²) in [5, 5.41) is 3.81. The van der Waals surface area contributed by atoms with Crippen molar-refractivity contribution < 1.29 is 4.39 Å². The Balaban J connectivity index is 1.70. The van der Waals surface area contributed by atoms with Crippen LogP contribution < -0.4 is 21.5 Å². The Hall–Kier alpha value is -2.15. The van der Waals surface area contributed by atoms with Crippen LogP contribution >= 0.6 is 0 Å². The summed E-state index contributed by atoms with van der Waals surface area (Å²) >= 11 is 0. The fourth-order valence-electron chi connectivity index (χ4n) is 4.87. The molecule has 0 amide bonds. The van der Waals surface area contributed by atoms with Crippen LogP contribution in [0.4, 0.5) is 10.1 Å². The molecule has 0 radical (unpaired) electrons. The molecule has 1 aromatic heterocycles. The van der Waals surface area contributed by atoms with Crippen LogP contribution in [0.1, 0.15) is 37.3 Å². The molecule has 2 unspecified atom stereocenters. The van der Waals surface area contributed by atoms with Crippen LogP contribution in [0.5, 0.6) is 0 Å². The average molecular weight is 358 g/mol. The third-order valence-electron chi connectivity index (χ3n) is 6.22. The summed E-state index contributed by atoms with van der Waals surface area (Å²) in [5.41, 5.74) is 0.956. The SMILES string of the molecule is Cc1c(N2CC3CCCNC3C2)c(F)cc2c(=O)[nH]c(=O)n(C3CC3)c12. The molecule has 2 N–H and O–H groups in total. The zero-order valence-electron chi connectivity index (χ0n) is 14.8. The van der Waals surface area contributed by atoms with E-state index in [1.54, 1.807) is 4.57 Å². The molecule has 1 aliphatic carbocycles. The summed E-state index contributed by atoms with van der Waals surface area (Å²) < 4.78 is 16.7. The van der Waals surface area contributed by atoms with Crippen molar-refractivity contribution >= 4 is 16.6 Å². The number of H-pyrrole nitrogens is 1. The summed E-state index contributed by atoms with van der Waals surface area (Å²) in [6.45, 7) is 4.45. The van der Waals surface area contributed by atoms with Crippen LogP contribution in [0.3, 0.4) is 0 Å². The Morgan fingerprint density at radius 3 is 2.73 bits per heavy atom. The van der Waals surface area contributed by atoms with Crippen molar-refractivity contribution in [3.63, 3.8) is 0 Å². The molecule has 2 aliphatic heterocycles. The molecular formula is C19H23FN4O2. The standard InChI is InChI=1S/C19H23FN4O2/c1-10-16-13(18(25)22-19(26)24(16)12-4-5-12)7-14(20)17(10)23-8-11-3-2-6-21-15(11)9-23/h7,11-12,15,21H,2-6,8-9H2,1H3,(H,22,25,26). The highest BCUT2D eigenvalue weighted by molar-refractivity contribution is 5.87. The second-order valence-corrected chi connectivity index (χ2v) is 7.96. The van der Waals surface area contributed by atoms with Crippen LogP contribution in [0.2, 0.25) is 0 Å². The highest BCUT2D eigenvalue weighted by atomic mass is 19.1. The van der Waals surface area contributed by atoms with Gasteiger partial charge in [0.05, 0.1) is 16.6 Å². The molecule has 26 heavy (non-hydrogen) atoms. The molecule has 1 saturated carbocycles. The maximum atomic E-state index is 15.0. The zero-order valence-corrected chi connectivity index (χ0v) is 14.8. The van der Waals surface area contributed by atoms with E-state index in [0.717, 1.165) is 45.3 Å². The molecule has 2 aromatic rings. The van der Waals surface area contributed by atoms with Gasteiger partial charge in [-0.05, 0) is 51.1 Å². The van der Waals surface area contributed by atoms with Gasteiger partial charge in [0, 0.05) is 30.7 Å². The highest BCUT2D eigenvalue weighted by Crippen LogP contribution is 2.39. The Kier molecular flexibility index (Phi) is 3.50. The number of fused-ring (bicyclic) bond motifs is 2. The van der Waals surface area contributed by atoms with E-state index >= 15 is 4.39 Å². The lowest BCUT2D eigenvalue weighted by Gasteiger charge is -2.24. The number of aromatic nitrogens is 2. The number of nitrogens with zero attached hydrogens (tertiary/aromatic N) is 2. The fraction of sp³-hybridized carbons (Fsp3) is 0.579. The minimum Gasteiger partial charge on any atom is -0.367 e. The van der Waals surface area contributed by atoms with Gasteiger partial charge in [-0.25, -0.2) is 9.18 Å². The van der Waals surface area contributed by atoms with Crippen LogP contribution in [-0.4, -0.2) is 35.2 Å². The number of halogens is 1. The lowest BCUT2D eigenvalue weighted by atomic mass is 9.94. The van der Waals surface area contributed by atoms with E-state index in [2.05, 4.69) is 15.2 Å². The first-order valence-electron chi connectivity index (χ1n) is 9.50. The predicted octanol–water partition coefficient (Wildman–Crippen LogP) is 1.66. The summed E-state index contributed by atoms with van der Waals surface area (Å²) in [7, 11) is 0. The lowest BCUT2D eigenvalue weighted by molar-refractivity contribution is 0.340. The van der Waals surface area contributed by atoms with Gasteiger partial charge in [-0.1, -0.05) is 0 Å². The highest BCUT2D eigenvalue weighted by Gasteiger charge is 2.37. The van der Waals surface area contributed by atoms with Gasteiger partial charge in [0.15, 0.2) is 0 Å². The van der Waals surface area contributed by atoms with Crippen molar-refractivity contribution in [2.75, 3.05) is 24.5 Å². The minimum atomic E-state index is -0.507. The van der Waals surface area contributed by atoms with Crippen LogP contribution in [0, 0.1) is 18.7 Å². The van der Waals surface area contributed by atoms with Crippen molar-refractivity contribution in [3.05, 3.63) is 38.3 Å². The largest absolute Gasteiger partial charge is 0.367 e. The van der Waals surface area contributed by atoms with Crippen LogP contribution in [-0.2, 0) is 0 Å². The Morgan fingerprint density at radius 1 is 1.19 bits per heavy atom. The van der Waals surface area contributed by atoms with Crippen molar-refractivity contribution in [2.45, 2.75) is 44.7 Å². The van der Waals surface area contributed by atoms with E-state index in [1.807, 2.05) is 6.92 Å². The quantitative estimate of drug-likeness (QED) is 0.857. The number of aromatic amines is 1. The molecular weight excluding hydrogens is 335 g/mol. The van der Waals surface area contributed by atoms with E-state index in [1.165, 1.54) is 6.07 Å². The number of hydrogen-bond donors (Lipinski definition) is 2. The number of benzene rings is 1. The monoisotopic (exact) mass is 358 g/mol.